The van der Waals surface area contributed by atoms with Gasteiger partial charge in [0.1, 0.15) is 9.92 Å². The Bertz CT molecular complexity index is 777. The molecule has 0 aliphatic carbocycles. The van der Waals surface area contributed by atoms with E-state index in [1.54, 1.807) is 24.7 Å². The van der Waals surface area contributed by atoms with Gasteiger partial charge in [-0.2, -0.15) is 4.36 Å². The van der Waals surface area contributed by atoms with Crippen molar-refractivity contribution in [2.45, 2.75) is 65.6 Å². The predicted molar refractivity (Wildman–Crippen MR) is 115 cm³/mol. The molecule has 0 radical (unpaired) electrons. The average molecular weight is 394 g/mol. The van der Waals surface area contributed by atoms with Gasteiger partial charge in [0, 0.05) is 20.4 Å². The van der Waals surface area contributed by atoms with Crippen molar-refractivity contribution in [2.24, 2.45) is 9.78 Å². The van der Waals surface area contributed by atoms with Crippen LogP contribution in [0.4, 0.5) is 5.69 Å². The molecule has 0 amide bonds. The number of nitrogens with zero attached hydrogens (tertiary/aromatic N) is 2. The third-order valence-corrected chi connectivity index (χ3v) is 7.42. The zero-order valence-corrected chi connectivity index (χ0v) is 19.1. The molecule has 2 atom stereocenters. The van der Waals surface area contributed by atoms with Crippen molar-refractivity contribution in [1.29, 1.82) is 0 Å². The van der Waals surface area contributed by atoms with Crippen molar-refractivity contribution in [2.75, 3.05) is 20.4 Å². The molecular formula is C20H35BN2O3S. The minimum absolute atomic E-state index is 0.253. The molecule has 1 heterocycles. The Morgan fingerprint density at radius 3 is 2.15 bits per heavy atom. The maximum atomic E-state index is 12.4. The van der Waals surface area contributed by atoms with Crippen LogP contribution in [0.2, 0.25) is 0 Å². The van der Waals surface area contributed by atoms with Crippen LogP contribution in [0.15, 0.2) is 28.6 Å². The average Bonchev–Trinajstić information content (AvgIpc) is 2.75. The van der Waals surface area contributed by atoms with E-state index < -0.39 is 17.0 Å². The van der Waals surface area contributed by atoms with Gasteiger partial charge in [0.05, 0.1) is 16.9 Å². The summed E-state index contributed by atoms with van der Waals surface area (Å²) < 4.78 is 31.1. The van der Waals surface area contributed by atoms with Crippen LogP contribution in [0.5, 0.6) is 0 Å². The van der Waals surface area contributed by atoms with E-state index in [0.29, 0.717) is 5.69 Å². The summed E-state index contributed by atoms with van der Waals surface area (Å²) in [6, 6.07) is 7.62. The second-order valence-electron chi connectivity index (χ2n) is 9.63. The predicted octanol–water partition coefficient (Wildman–Crippen LogP) is 4.00. The SMILES string of the molecule is CN(C)S(C)(=O)=Nc1ccc(B2OC(C)(C)C(C)(CCC(C)(C)C)O2)cc1. The van der Waals surface area contributed by atoms with Gasteiger partial charge in [-0.3, -0.25) is 0 Å². The highest BCUT2D eigenvalue weighted by Crippen LogP contribution is 2.42. The molecule has 1 aromatic carbocycles. The number of benzene rings is 1. The van der Waals surface area contributed by atoms with E-state index in [0.717, 1.165) is 18.3 Å². The lowest BCUT2D eigenvalue weighted by atomic mass is 9.78. The molecule has 0 saturated carbocycles. The molecule has 27 heavy (non-hydrogen) atoms. The van der Waals surface area contributed by atoms with Gasteiger partial charge in [0.2, 0.25) is 0 Å². The normalized spacial score (nSPS) is 24.9. The molecule has 0 N–H and O–H groups in total. The molecule has 1 fully saturated rings. The highest BCUT2D eigenvalue weighted by atomic mass is 32.2. The highest BCUT2D eigenvalue weighted by molar-refractivity contribution is 7.90. The van der Waals surface area contributed by atoms with E-state index in [4.69, 9.17) is 9.31 Å². The molecule has 152 valence electrons. The second-order valence-corrected chi connectivity index (χ2v) is 12.1. The first-order chi connectivity index (χ1) is 12.2. The number of hydrogen-bond acceptors (Lipinski definition) is 4. The Balaban J connectivity index is 2.19. The first-order valence-corrected chi connectivity index (χ1v) is 11.4. The number of rotatable bonds is 5. The first-order valence-electron chi connectivity index (χ1n) is 9.50. The summed E-state index contributed by atoms with van der Waals surface area (Å²) >= 11 is 0. The molecule has 1 aliphatic rings. The van der Waals surface area contributed by atoms with Crippen molar-refractivity contribution < 1.29 is 13.5 Å². The maximum absolute atomic E-state index is 12.4. The van der Waals surface area contributed by atoms with Gasteiger partial charge in [-0.05, 0) is 56.6 Å². The van der Waals surface area contributed by atoms with Crippen LogP contribution < -0.4 is 5.46 Å². The van der Waals surface area contributed by atoms with Crippen molar-refractivity contribution in [3.05, 3.63) is 24.3 Å². The lowest BCUT2D eigenvalue weighted by molar-refractivity contribution is -0.0223. The van der Waals surface area contributed by atoms with Gasteiger partial charge in [0.25, 0.3) is 0 Å². The van der Waals surface area contributed by atoms with Crippen LogP contribution in [0, 0.1) is 5.41 Å². The summed E-state index contributed by atoms with van der Waals surface area (Å²) in [5.41, 5.74) is 1.16. The van der Waals surface area contributed by atoms with Crippen LogP contribution in [0.25, 0.3) is 0 Å². The Morgan fingerprint density at radius 1 is 1.11 bits per heavy atom. The molecule has 1 aliphatic heterocycles. The fraction of sp³-hybridized carbons (Fsp3) is 0.700. The molecular weight excluding hydrogens is 359 g/mol. The molecule has 0 spiro atoms. The van der Waals surface area contributed by atoms with Gasteiger partial charge in [0.15, 0.2) is 0 Å². The van der Waals surface area contributed by atoms with Gasteiger partial charge in [-0.15, -0.1) is 0 Å². The van der Waals surface area contributed by atoms with Gasteiger partial charge < -0.3 is 9.31 Å². The molecule has 5 nitrogen and oxygen atoms in total. The molecule has 0 aromatic heterocycles. The molecule has 0 bridgehead atoms. The van der Waals surface area contributed by atoms with E-state index in [-0.39, 0.29) is 16.6 Å². The van der Waals surface area contributed by atoms with Crippen molar-refractivity contribution in [3.8, 4) is 0 Å². The summed E-state index contributed by atoms with van der Waals surface area (Å²) in [4.78, 5) is 0. The quantitative estimate of drug-likeness (QED) is 0.710. The van der Waals surface area contributed by atoms with Crippen LogP contribution in [0.3, 0.4) is 0 Å². The van der Waals surface area contributed by atoms with Gasteiger partial charge >= 0.3 is 7.12 Å². The third kappa shape index (κ3) is 5.34. The van der Waals surface area contributed by atoms with E-state index in [2.05, 4.69) is 45.9 Å². The monoisotopic (exact) mass is 394 g/mol. The molecule has 2 unspecified atom stereocenters. The Labute approximate surface area is 166 Å². The second kappa shape index (κ2) is 7.50. The Morgan fingerprint density at radius 2 is 1.67 bits per heavy atom. The van der Waals surface area contributed by atoms with Crippen LogP contribution in [-0.4, -0.2) is 47.2 Å². The van der Waals surface area contributed by atoms with E-state index in [1.165, 1.54) is 0 Å². The number of hydrogen-bond donors (Lipinski definition) is 0. The van der Waals surface area contributed by atoms with E-state index in [1.807, 2.05) is 24.3 Å². The topological polar surface area (TPSA) is 51.1 Å². The minimum Gasteiger partial charge on any atom is -0.399 e. The van der Waals surface area contributed by atoms with Gasteiger partial charge in [-0.25, -0.2) is 8.51 Å². The molecule has 7 heteroatoms. The fourth-order valence-corrected chi connectivity index (χ4v) is 3.55. The van der Waals surface area contributed by atoms with Crippen molar-refractivity contribution >= 4 is 28.2 Å². The summed E-state index contributed by atoms with van der Waals surface area (Å²) in [5.74, 6) is 0. The maximum Gasteiger partial charge on any atom is 0.494 e. The molecule has 2 rings (SSSR count). The minimum atomic E-state index is -2.40. The van der Waals surface area contributed by atoms with Crippen LogP contribution in [-0.2, 0) is 19.2 Å². The largest absolute Gasteiger partial charge is 0.494 e. The lowest BCUT2D eigenvalue weighted by Gasteiger charge is -2.38. The zero-order valence-electron chi connectivity index (χ0n) is 18.3. The van der Waals surface area contributed by atoms with Gasteiger partial charge in [-0.1, -0.05) is 32.9 Å². The standard InChI is InChI=1S/C20H35BN2O3S/c1-18(2,3)14-15-20(6)19(4,5)25-21(26-20)16-10-12-17(13-11-16)22-27(9,24)23(7)8/h10-13H,14-15H2,1-9H3. The Kier molecular flexibility index (Phi) is 6.23. The lowest BCUT2D eigenvalue weighted by Crippen LogP contribution is -2.45. The first kappa shape index (κ1) is 22.4. The van der Waals surface area contributed by atoms with Crippen LogP contribution in [0.1, 0.15) is 54.4 Å². The summed E-state index contributed by atoms with van der Waals surface area (Å²) in [7, 11) is 0.730. The summed E-state index contributed by atoms with van der Waals surface area (Å²) in [6.45, 7) is 13.1. The Hall–Kier alpha value is -0.885. The van der Waals surface area contributed by atoms with Crippen molar-refractivity contribution in [3.63, 3.8) is 0 Å². The highest BCUT2D eigenvalue weighted by Gasteiger charge is 2.54. The summed E-state index contributed by atoms with van der Waals surface area (Å²) in [5, 5.41) is 0. The molecule has 1 aromatic rings. The van der Waals surface area contributed by atoms with E-state index in [9.17, 15) is 4.21 Å². The third-order valence-electron chi connectivity index (χ3n) is 5.51. The fourth-order valence-electron chi connectivity index (χ4n) is 2.87. The van der Waals surface area contributed by atoms with E-state index >= 15 is 0 Å². The zero-order chi connectivity index (χ0) is 20.7. The van der Waals surface area contributed by atoms with Crippen molar-refractivity contribution in [1.82, 2.24) is 4.31 Å². The smallest absolute Gasteiger partial charge is 0.399 e. The summed E-state index contributed by atoms with van der Waals surface area (Å²) in [6.07, 6.45) is 3.64. The molecule has 1 saturated heterocycles. The van der Waals surface area contributed by atoms with Crippen LogP contribution >= 0.6 is 0 Å².